The molecule has 1 aliphatic carbocycles. The van der Waals surface area contributed by atoms with Crippen molar-refractivity contribution < 1.29 is 19.1 Å². The van der Waals surface area contributed by atoms with Crippen LogP contribution >= 0.6 is 0 Å². The lowest BCUT2D eigenvalue weighted by molar-refractivity contribution is -0.128. The first kappa shape index (κ1) is 17.2. The van der Waals surface area contributed by atoms with Gasteiger partial charge in [-0.25, -0.2) is 4.79 Å². The van der Waals surface area contributed by atoms with Gasteiger partial charge in [0.2, 0.25) is 5.91 Å². The number of rotatable bonds is 6. The number of carbonyl (C=O) groups excluding carboxylic acids is 2. The van der Waals surface area contributed by atoms with Crippen LogP contribution in [-0.4, -0.2) is 43.9 Å². The zero-order chi connectivity index (χ0) is 16.8. The van der Waals surface area contributed by atoms with E-state index in [9.17, 15) is 9.59 Å². The molecule has 23 heavy (non-hydrogen) atoms. The predicted octanol–water partition coefficient (Wildman–Crippen LogP) is 1.96. The van der Waals surface area contributed by atoms with E-state index in [0.717, 1.165) is 6.42 Å². The summed E-state index contributed by atoms with van der Waals surface area (Å²) in [7, 11) is 1.61. The van der Waals surface area contributed by atoms with Crippen molar-refractivity contribution >= 4 is 23.3 Å². The second-order valence-electron chi connectivity index (χ2n) is 5.40. The van der Waals surface area contributed by atoms with E-state index >= 15 is 0 Å². The first-order valence-electron chi connectivity index (χ1n) is 7.63. The second kappa shape index (κ2) is 7.94. The molecule has 3 amide bonds. The van der Waals surface area contributed by atoms with E-state index in [4.69, 9.17) is 9.47 Å². The Morgan fingerprint density at radius 1 is 1.26 bits per heavy atom. The van der Waals surface area contributed by atoms with E-state index < -0.39 is 0 Å². The Hall–Kier alpha value is -2.12. The molecule has 0 aromatic heterocycles. The number of anilines is 2. The molecule has 0 bridgehead atoms. The van der Waals surface area contributed by atoms with Crippen LogP contribution in [0.2, 0.25) is 0 Å². The van der Waals surface area contributed by atoms with Crippen LogP contribution in [-0.2, 0) is 14.3 Å². The minimum atomic E-state index is -0.313. The van der Waals surface area contributed by atoms with E-state index in [1.54, 1.807) is 31.4 Å². The van der Waals surface area contributed by atoms with Crippen LogP contribution < -0.4 is 16.0 Å². The molecule has 1 aliphatic rings. The number of benzene rings is 1. The normalized spacial score (nSPS) is 22.8. The summed E-state index contributed by atoms with van der Waals surface area (Å²) in [5.41, 5.74) is 1.23. The maximum absolute atomic E-state index is 12.1. The van der Waals surface area contributed by atoms with Gasteiger partial charge in [-0.1, -0.05) is 6.07 Å². The molecule has 0 heterocycles. The van der Waals surface area contributed by atoms with Crippen LogP contribution in [0.5, 0.6) is 0 Å². The lowest BCUT2D eigenvalue weighted by Gasteiger charge is -2.43. The van der Waals surface area contributed by atoms with Crippen molar-refractivity contribution in [3.05, 3.63) is 24.3 Å². The van der Waals surface area contributed by atoms with Gasteiger partial charge in [-0.2, -0.15) is 0 Å². The number of methoxy groups -OCH3 is 1. The number of nitrogens with one attached hydrogen (secondary N) is 3. The van der Waals surface area contributed by atoms with Crippen LogP contribution in [0.15, 0.2) is 24.3 Å². The molecule has 2 rings (SSSR count). The summed E-state index contributed by atoms with van der Waals surface area (Å²) in [5.74, 6) is -0.161. The van der Waals surface area contributed by atoms with Gasteiger partial charge < -0.3 is 25.4 Å². The van der Waals surface area contributed by atoms with E-state index in [1.807, 2.05) is 6.92 Å². The first-order chi connectivity index (χ1) is 11.0. The van der Waals surface area contributed by atoms with Gasteiger partial charge in [0.05, 0.1) is 12.1 Å². The summed E-state index contributed by atoms with van der Waals surface area (Å²) in [4.78, 5) is 23.1. The summed E-state index contributed by atoms with van der Waals surface area (Å²) in [6, 6.07) is 6.57. The van der Waals surface area contributed by atoms with Crippen molar-refractivity contribution in [2.75, 3.05) is 24.4 Å². The average molecular weight is 321 g/mol. The Balaban J connectivity index is 1.87. The maximum atomic E-state index is 12.1. The quantitative estimate of drug-likeness (QED) is 0.747. The van der Waals surface area contributed by atoms with Gasteiger partial charge in [0.1, 0.15) is 6.10 Å². The predicted molar refractivity (Wildman–Crippen MR) is 87.5 cm³/mol. The Morgan fingerprint density at radius 3 is 2.57 bits per heavy atom. The highest BCUT2D eigenvalue weighted by Crippen LogP contribution is 2.27. The lowest BCUT2D eigenvalue weighted by atomic mass is 9.85. The summed E-state index contributed by atoms with van der Waals surface area (Å²) >= 11 is 0. The van der Waals surface area contributed by atoms with Crippen molar-refractivity contribution in [3.63, 3.8) is 0 Å². The molecule has 3 N–H and O–H groups in total. The van der Waals surface area contributed by atoms with Gasteiger partial charge in [-0.3, -0.25) is 4.79 Å². The monoisotopic (exact) mass is 321 g/mol. The second-order valence-corrected chi connectivity index (χ2v) is 5.40. The van der Waals surface area contributed by atoms with Crippen LogP contribution in [0.3, 0.4) is 0 Å². The highest BCUT2D eigenvalue weighted by Gasteiger charge is 2.42. The molecule has 1 saturated carbocycles. The number of hydrogen-bond donors (Lipinski definition) is 3. The van der Waals surface area contributed by atoms with Crippen LogP contribution in [0.4, 0.5) is 16.2 Å². The molecule has 0 aliphatic heterocycles. The highest BCUT2D eigenvalue weighted by atomic mass is 16.5. The molecule has 0 unspecified atom stereocenters. The summed E-state index contributed by atoms with van der Waals surface area (Å²) in [5, 5.41) is 8.29. The molecule has 7 heteroatoms. The molecule has 7 nitrogen and oxygen atoms in total. The topological polar surface area (TPSA) is 88.7 Å². The number of hydrogen-bond acceptors (Lipinski definition) is 4. The van der Waals surface area contributed by atoms with E-state index in [-0.39, 0.29) is 30.2 Å². The Morgan fingerprint density at radius 2 is 1.96 bits per heavy atom. The van der Waals surface area contributed by atoms with Gasteiger partial charge in [-0.15, -0.1) is 0 Å². The van der Waals surface area contributed by atoms with Gasteiger partial charge >= 0.3 is 6.03 Å². The first-order valence-corrected chi connectivity index (χ1v) is 7.63. The Bertz CT molecular complexity index is 564. The molecule has 1 aromatic carbocycles. The molecule has 1 fully saturated rings. The van der Waals surface area contributed by atoms with Crippen LogP contribution in [0.25, 0.3) is 0 Å². The standard InChI is InChI=1S/C16H23N3O4/c1-4-23-14-9-13(15(14)22-3)19-16(21)18-12-7-5-6-11(8-12)17-10(2)20/h5-8,13-15H,4,9H2,1-3H3,(H,17,20)(H2,18,19,21)/t13-,14+,15-/m0/s1. The molecule has 0 radical (unpaired) electrons. The average Bonchev–Trinajstić information content (AvgIpc) is 2.46. The minimum Gasteiger partial charge on any atom is -0.377 e. The smallest absolute Gasteiger partial charge is 0.319 e. The highest BCUT2D eigenvalue weighted by molar-refractivity contribution is 5.92. The number of amides is 3. The van der Waals surface area contributed by atoms with Crippen molar-refractivity contribution in [2.45, 2.75) is 38.5 Å². The van der Waals surface area contributed by atoms with Crippen molar-refractivity contribution in [1.29, 1.82) is 0 Å². The van der Waals surface area contributed by atoms with Crippen molar-refractivity contribution in [3.8, 4) is 0 Å². The fraction of sp³-hybridized carbons (Fsp3) is 0.500. The zero-order valence-corrected chi connectivity index (χ0v) is 13.6. The molecular weight excluding hydrogens is 298 g/mol. The molecule has 0 saturated heterocycles. The van der Waals surface area contributed by atoms with Crippen molar-refractivity contribution in [2.24, 2.45) is 0 Å². The molecule has 1 aromatic rings. The molecule has 3 atom stereocenters. The zero-order valence-electron chi connectivity index (χ0n) is 13.6. The third kappa shape index (κ3) is 4.67. The summed E-state index contributed by atoms with van der Waals surface area (Å²) in [6.45, 7) is 3.99. The largest absolute Gasteiger partial charge is 0.377 e. The minimum absolute atomic E-state index is 0.0263. The Labute approximate surface area is 135 Å². The maximum Gasteiger partial charge on any atom is 0.319 e. The van der Waals surface area contributed by atoms with Gasteiger partial charge in [0.15, 0.2) is 0 Å². The van der Waals surface area contributed by atoms with E-state index in [2.05, 4.69) is 16.0 Å². The number of carbonyl (C=O) groups is 2. The third-order valence-electron chi connectivity index (χ3n) is 3.66. The van der Waals surface area contributed by atoms with Crippen LogP contribution in [0.1, 0.15) is 20.3 Å². The molecule has 0 spiro atoms. The Kier molecular flexibility index (Phi) is 5.95. The van der Waals surface area contributed by atoms with Gasteiger partial charge in [0, 0.05) is 32.0 Å². The van der Waals surface area contributed by atoms with Crippen LogP contribution in [0, 0.1) is 0 Å². The number of ether oxygens (including phenoxy) is 2. The number of urea groups is 1. The lowest BCUT2D eigenvalue weighted by Crippen LogP contribution is -2.61. The fourth-order valence-electron chi connectivity index (χ4n) is 2.63. The molecule has 126 valence electrons. The summed E-state index contributed by atoms with van der Waals surface area (Å²) in [6.07, 6.45) is 0.621. The SMILES string of the molecule is CCO[C@@H]1C[C@H](NC(=O)Nc2cccc(NC(C)=O)c2)[C@@H]1OC. The summed E-state index contributed by atoms with van der Waals surface area (Å²) < 4.78 is 10.9. The fourth-order valence-corrected chi connectivity index (χ4v) is 2.63. The van der Waals surface area contributed by atoms with Crippen molar-refractivity contribution in [1.82, 2.24) is 5.32 Å². The third-order valence-corrected chi connectivity index (χ3v) is 3.66. The van der Waals surface area contributed by atoms with E-state index in [0.29, 0.717) is 18.0 Å². The van der Waals surface area contributed by atoms with Gasteiger partial charge in [-0.05, 0) is 31.5 Å². The van der Waals surface area contributed by atoms with E-state index in [1.165, 1.54) is 6.92 Å². The van der Waals surface area contributed by atoms with Gasteiger partial charge in [0.25, 0.3) is 0 Å². The molecular formula is C16H23N3O4.